The predicted molar refractivity (Wildman–Crippen MR) is 289 cm³/mol. The molecule has 0 spiro atoms. The first kappa shape index (κ1) is 65.4. The molecule has 0 aliphatic heterocycles. The van der Waals surface area contributed by atoms with Gasteiger partial charge in [0.15, 0.2) is 6.10 Å². The molecule has 0 saturated heterocycles. The summed E-state index contributed by atoms with van der Waals surface area (Å²) < 4.78 is 16.9. The van der Waals surface area contributed by atoms with Crippen molar-refractivity contribution < 1.29 is 28.6 Å². The molecule has 0 unspecified atom stereocenters. The maximum atomic E-state index is 12.9. The molecule has 0 aromatic carbocycles. The lowest BCUT2D eigenvalue weighted by molar-refractivity contribution is -0.167. The maximum absolute atomic E-state index is 12.9. The second kappa shape index (κ2) is 55.3. The van der Waals surface area contributed by atoms with Gasteiger partial charge < -0.3 is 14.2 Å². The fraction of sp³-hybridized carbons (Fsp3) is 0.951. The molecule has 0 aliphatic carbocycles. The number of ether oxygens (including phenoxy) is 3. The predicted octanol–water partition coefficient (Wildman–Crippen LogP) is 20.2. The minimum Gasteiger partial charge on any atom is -0.462 e. The molecule has 67 heavy (non-hydrogen) atoms. The van der Waals surface area contributed by atoms with Gasteiger partial charge in [0.25, 0.3) is 0 Å². The molecule has 0 heterocycles. The average Bonchev–Trinajstić information content (AvgIpc) is 3.31. The van der Waals surface area contributed by atoms with Crippen LogP contribution in [0.3, 0.4) is 0 Å². The van der Waals surface area contributed by atoms with Crippen LogP contribution < -0.4 is 0 Å². The van der Waals surface area contributed by atoms with E-state index in [-0.39, 0.29) is 31.1 Å². The summed E-state index contributed by atoms with van der Waals surface area (Å²) in [7, 11) is 0. The van der Waals surface area contributed by atoms with E-state index in [0.29, 0.717) is 19.3 Å². The van der Waals surface area contributed by atoms with Crippen LogP contribution in [0.1, 0.15) is 349 Å². The minimum atomic E-state index is -0.762. The zero-order valence-electron chi connectivity index (χ0n) is 45.9. The first-order chi connectivity index (χ1) is 32.9. The highest BCUT2D eigenvalue weighted by molar-refractivity contribution is 5.71. The van der Waals surface area contributed by atoms with Crippen LogP contribution >= 0.6 is 0 Å². The molecule has 0 aromatic heterocycles. The summed E-state index contributed by atoms with van der Waals surface area (Å²) >= 11 is 0. The number of carbonyl (C=O) groups excluding carboxylic acids is 3. The van der Waals surface area contributed by atoms with Crippen molar-refractivity contribution in [1.82, 2.24) is 0 Å². The van der Waals surface area contributed by atoms with Crippen LogP contribution in [0.15, 0.2) is 0 Å². The Morgan fingerprint density at radius 1 is 0.284 bits per heavy atom. The van der Waals surface area contributed by atoms with E-state index in [4.69, 9.17) is 14.2 Å². The standard InChI is InChI=1S/C61H118O6/c1-5-7-9-11-13-15-17-19-21-23-24-25-27-28-32-36-40-44-48-52-59(62)65-55-58(56-66-60(63)53-49-45-41-37-34-30-31-35-39-43-47-51-57(3)4)67-61(64)54-50-46-42-38-33-29-26-22-20-18-16-14-12-10-8-6-2/h57-58H,5-56H2,1-4H3/t58-/m0/s1. The minimum absolute atomic E-state index is 0.0616. The summed E-state index contributed by atoms with van der Waals surface area (Å²) in [5.74, 6) is -0.00558. The van der Waals surface area contributed by atoms with Gasteiger partial charge in [-0.3, -0.25) is 14.4 Å². The molecular formula is C61H118O6. The van der Waals surface area contributed by atoms with E-state index >= 15 is 0 Å². The summed E-state index contributed by atoms with van der Waals surface area (Å²) in [5.41, 5.74) is 0. The van der Waals surface area contributed by atoms with Gasteiger partial charge in [-0.1, -0.05) is 310 Å². The molecule has 6 heteroatoms. The van der Waals surface area contributed by atoms with Gasteiger partial charge in [-0.15, -0.1) is 0 Å². The smallest absolute Gasteiger partial charge is 0.306 e. The maximum Gasteiger partial charge on any atom is 0.306 e. The number of hydrogen-bond donors (Lipinski definition) is 0. The normalized spacial score (nSPS) is 12.0. The number of esters is 3. The SMILES string of the molecule is CCCCCCCCCCCCCCCCCCCCCC(=O)OC[C@@H](COC(=O)CCCCCCCCCCCCCC(C)C)OC(=O)CCCCCCCCCCCCCCCCCC. The van der Waals surface area contributed by atoms with Crippen LogP contribution in [0.25, 0.3) is 0 Å². The number of unbranched alkanes of at least 4 members (excludes halogenated alkanes) is 43. The molecule has 398 valence electrons. The van der Waals surface area contributed by atoms with E-state index in [2.05, 4.69) is 27.7 Å². The van der Waals surface area contributed by atoms with Crippen molar-refractivity contribution in [2.45, 2.75) is 355 Å². The van der Waals surface area contributed by atoms with Gasteiger partial charge in [-0.2, -0.15) is 0 Å². The molecule has 0 fully saturated rings. The van der Waals surface area contributed by atoms with Gasteiger partial charge in [-0.25, -0.2) is 0 Å². The van der Waals surface area contributed by atoms with E-state index < -0.39 is 6.10 Å². The third-order valence-electron chi connectivity index (χ3n) is 14.0. The number of hydrogen-bond acceptors (Lipinski definition) is 6. The van der Waals surface area contributed by atoms with Crippen LogP contribution in [-0.2, 0) is 28.6 Å². The molecule has 1 atom stereocenters. The Kier molecular flexibility index (Phi) is 54.0. The lowest BCUT2D eigenvalue weighted by atomic mass is 10.0. The fourth-order valence-electron chi connectivity index (χ4n) is 9.46. The monoisotopic (exact) mass is 947 g/mol. The lowest BCUT2D eigenvalue weighted by Gasteiger charge is -2.18. The third-order valence-corrected chi connectivity index (χ3v) is 14.0. The van der Waals surface area contributed by atoms with Gasteiger partial charge in [0.1, 0.15) is 13.2 Å². The summed E-state index contributed by atoms with van der Waals surface area (Å²) in [6, 6.07) is 0. The molecule has 0 aromatic rings. The van der Waals surface area contributed by atoms with Crippen LogP contribution in [-0.4, -0.2) is 37.2 Å². The summed E-state index contributed by atoms with van der Waals surface area (Å²) in [5, 5.41) is 0. The van der Waals surface area contributed by atoms with Crippen molar-refractivity contribution in [3.05, 3.63) is 0 Å². The number of carbonyl (C=O) groups is 3. The molecule has 0 radical (unpaired) electrons. The topological polar surface area (TPSA) is 78.9 Å². The van der Waals surface area contributed by atoms with Crippen LogP contribution in [0, 0.1) is 5.92 Å². The van der Waals surface area contributed by atoms with Crippen molar-refractivity contribution in [2.24, 2.45) is 5.92 Å². The molecule has 0 rings (SSSR count). The zero-order valence-corrected chi connectivity index (χ0v) is 45.9. The average molecular weight is 948 g/mol. The highest BCUT2D eigenvalue weighted by atomic mass is 16.6. The summed E-state index contributed by atoms with van der Waals surface area (Å²) in [4.78, 5) is 38.2. The highest BCUT2D eigenvalue weighted by Crippen LogP contribution is 2.18. The Balaban J connectivity index is 4.27. The Bertz CT molecular complexity index is 1010. The van der Waals surface area contributed by atoms with Crippen molar-refractivity contribution in [2.75, 3.05) is 13.2 Å². The van der Waals surface area contributed by atoms with Gasteiger partial charge >= 0.3 is 17.9 Å². The van der Waals surface area contributed by atoms with E-state index in [1.807, 2.05) is 0 Å². The zero-order chi connectivity index (χ0) is 48.8. The first-order valence-corrected chi connectivity index (χ1v) is 30.4. The van der Waals surface area contributed by atoms with E-state index in [1.54, 1.807) is 0 Å². The first-order valence-electron chi connectivity index (χ1n) is 30.4. The summed E-state index contributed by atoms with van der Waals surface area (Å²) in [6.45, 7) is 9.06. The van der Waals surface area contributed by atoms with Crippen molar-refractivity contribution in [3.8, 4) is 0 Å². The molecule has 0 aliphatic rings. The van der Waals surface area contributed by atoms with E-state index in [9.17, 15) is 14.4 Å². The van der Waals surface area contributed by atoms with Crippen molar-refractivity contribution in [3.63, 3.8) is 0 Å². The molecule has 0 N–H and O–H groups in total. The Hall–Kier alpha value is -1.59. The van der Waals surface area contributed by atoms with Crippen LogP contribution in [0.2, 0.25) is 0 Å². The molecule has 6 nitrogen and oxygen atoms in total. The van der Waals surface area contributed by atoms with Gasteiger partial charge in [0, 0.05) is 19.3 Å². The molecule has 0 saturated carbocycles. The Morgan fingerprint density at radius 3 is 0.731 bits per heavy atom. The van der Waals surface area contributed by atoms with E-state index in [0.717, 1.165) is 63.7 Å². The van der Waals surface area contributed by atoms with Crippen LogP contribution in [0.4, 0.5) is 0 Å². The quantitative estimate of drug-likeness (QED) is 0.0343. The van der Waals surface area contributed by atoms with Gasteiger partial charge in [-0.05, 0) is 25.2 Å². The molecule has 0 bridgehead atoms. The second-order valence-corrected chi connectivity index (χ2v) is 21.5. The van der Waals surface area contributed by atoms with Crippen molar-refractivity contribution in [1.29, 1.82) is 0 Å². The van der Waals surface area contributed by atoms with Gasteiger partial charge in [0.05, 0.1) is 0 Å². The molecular weight excluding hydrogens is 829 g/mol. The largest absolute Gasteiger partial charge is 0.462 e. The highest BCUT2D eigenvalue weighted by Gasteiger charge is 2.19. The Morgan fingerprint density at radius 2 is 0.493 bits per heavy atom. The third kappa shape index (κ3) is 55.2. The second-order valence-electron chi connectivity index (χ2n) is 21.5. The van der Waals surface area contributed by atoms with E-state index in [1.165, 1.54) is 244 Å². The van der Waals surface area contributed by atoms with Crippen molar-refractivity contribution >= 4 is 17.9 Å². The van der Waals surface area contributed by atoms with Gasteiger partial charge in [0.2, 0.25) is 0 Å². The molecule has 0 amide bonds. The number of rotatable bonds is 56. The van der Waals surface area contributed by atoms with Crippen LogP contribution in [0.5, 0.6) is 0 Å². The Labute approximate surface area is 418 Å². The lowest BCUT2D eigenvalue weighted by Crippen LogP contribution is -2.30. The fourth-order valence-corrected chi connectivity index (χ4v) is 9.46. The summed E-state index contributed by atoms with van der Waals surface area (Å²) in [6.07, 6.45) is 61.0.